The molecule has 2 aliphatic carbocycles. The highest BCUT2D eigenvalue weighted by atomic mass is 19.1. The van der Waals surface area contributed by atoms with E-state index in [4.69, 9.17) is 29.8 Å². The van der Waals surface area contributed by atoms with Crippen molar-refractivity contribution in [2.45, 2.75) is 132 Å². The molecule has 7 aliphatic rings. The largest absolute Gasteiger partial charge is 0.507 e. The number of ether oxygens (including phenoxy) is 1. The summed E-state index contributed by atoms with van der Waals surface area (Å²) in [5, 5.41) is 42.0. The molecule has 0 radical (unpaired) electrons. The number of fused-ring (bicyclic) bond motifs is 2. The van der Waals surface area contributed by atoms with E-state index in [2.05, 4.69) is 52.9 Å². The molecule has 3 aromatic heterocycles. The van der Waals surface area contributed by atoms with Gasteiger partial charge in [-0.15, -0.1) is 10.2 Å². The fraction of sp³-hybridized carbons (Fsp3) is 0.475. The molecule has 6 fully saturated rings. The number of nitrogens with two attached hydrogens (primary N) is 1. The molecular formula is C59H67FN12O6. The van der Waals surface area contributed by atoms with Gasteiger partial charge in [0, 0.05) is 86.3 Å². The molecule has 1 spiro atoms. The molecule has 6 atom stereocenters. The van der Waals surface area contributed by atoms with E-state index in [9.17, 15) is 19.4 Å². The zero-order valence-corrected chi connectivity index (χ0v) is 44.3. The molecule has 5 aliphatic heterocycles. The summed E-state index contributed by atoms with van der Waals surface area (Å²) in [6.45, 7) is 9.64. The Morgan fingerprint density at radius 1 is 0.872 bits per heavy atom. The number of piperidine rings is 1. The summed E-state index contributed by atoms with van der Waals surface area (Å²) in [5.41, 5.74) is 11.0. The van der Waals surface area contributed by atoms with Crippen molar-refractivity contribution in [2.75, 3.05) is 48.3 Å². The Morgan fingerprint density at radius 2 is 1.58 bits per heavy atom. The van der Waals surface area contributed by atoms with Crippen molar-refractivity contribution in [3.63, 3.8) is 0 Å². The second-order valence-corrected chi connectivity index (χ2v) is 23.5. The number of hydrogen-bond acceptors (Lipinski definition) is 17. The average Bonchev–Trinajstić information content (AvgIpc) is 4.22. The van der Waals surface area contributed by atoms with Gasteiger partial charge in [0.05, 0.1) is 23.5 Å². The first-order chi connectivity index (χ1) is 37.8. The van der Waals surface area contributed by atoms with Crippen LogP contribution in [0.5, 0.6) is 11.6 Å². The number of amides is 1. The average molecular weight is 1060 g/mol. The first kappa shape index (κ1) is 50.1. The Bertz CT molecular complexity index is 3200. The molecule has 6 aromatic rings. The number of likely N-dealkylation sites (tertiary alicyclic amines) is 2. The Kier molecular flexibility index (Phi) is 12.7. The van der Waals surface area contributed by atoms with Crippen LogP contribution >= 0.6 is 0 Å². The number of amidine groups is 1. The van der Waals surface area contributed by atoms with Crippen LogP contribution in [0.3, 0.4) is 0 Å². The van der Waals surface area contributed by atoms with E-state index in [1.165, 1.54) is 24.5 Å². The third kappa shape index (κ3) is 9.21. The lowest BCUT2D eigenvalue weighted by Gasteiger charge is -2.60. The van der Waals surface area contributed by atoms with Gasteiger partial charge in [0.25, 0.3) is 5.88 Å². The number of halogens is 1. The maximum atomic E-state index is 14.5. The minimum Gasteiger partial charge on any atom is -0.507 e. The number of phenolic OH excluding ortho intramolecular Hbond substituents is 1. The van der Waals surface area contributed by atoms with Crippen molar-refractivity contribution in [3.05, 3.63) is 120 Å². The van der Waals surface area contributed by atoms with Gasteiger partial charge in [-0.2, -0.15) is 0 Å². The molecule has 5 N–H and O–H groups in total. The van der Waals surface area contributed by atoms with Gasteiger partial charge in [-0.25, -0.2) is 14.4 Å². The smallest absolute Gasteiger partial charge is 0.254 e. The van der Waals surface area contributed by atoms with Gasteiger partial charge >= 0.3 is 0 Å². The summed E-state index contributed by atoms with van der Waals surface area (Å²) in [7, 11) is 0. The zero-order chi connectivity index (χ0) is 53.5. The standard InChI is InChI=1S/C59H67FN12O6/c1-34(2)53(56(75)71-33-42(73)22-49(71)55-64-58(3,78-68-55)38-14-12-36(13-15-38)44-8-4-6-10-46(44)60)51-24-52(67-77-51)76-43-27-59(28-43)25-41(26-59)69-20-18-35(19-21-69)37-29-62-57(63-30-37)72-39-16-17-40(72)32-70(31-39)48-23-47(65-66-54(48)61)45-9-5-7-11-50(45)74/h4-15,23-24,29-30,34-35,39-43,49,53,73-74H,16-22,25-28,31-33H2,1-3H3,(H2,61,66)(H,64,68)/t39?,40?,41-,42-,43-,49+,53-,58-,59?/m1/s1. The van der Waals surface area contributed by atoms with E-state index in [1.54, 1.807) is 41.3 Å². The van der Waals surface area contributed by atoms with Gasteiger partial charge in [0.2, 0.25) is 17.6 Å². The monoisotopic (exact) mass is 1060 g/mol. The van der Waals surface area contributed by atoms with Crippen molar-refractivity contribution in [3.8, 4) is 34.0 Å². The van der Waals surface area contributed by atoms with Crippen LogP contribution in [0.2, 0.25) is 0 Å². The number of carbonyl (C=O) groups excluding carboxylic acids is 1. The third-order valence-corrected chi connectivity index (χ3v) is 18.1. The number of aromatic nitrogens is 5. The number of piperazine rings is 1. The number of β-amino-alcohol motifs (C(OH)–C–C–N with tert-alkyl or cyclic N) is 1. The zero-order valence-electron chi connectivity index (χ0n) is 44.3. The predicted octanol–water partition coefficient (Wildman–Crippen LogP) is 7.95. The fourth-order valence-corrected chi connectivity index (χ4v) is 13.9. The number of nitrogen functional groups attached to an aromatic ring is 1. The van der Waals surface area contributed by atoms with Gasteiger partial charge in [0.1, 0.15) is 23.6 Å². The summed E-state index contributed by atoms with van der Waals surface area (Å²) in [6.07, 6.45) is 12.3. The van der Waals surface area contributed by atoms with E-state index >= 15 is 0 Å². The van der Waals surface area contributed by atoms with E-state index in [0.717, 1.165) is 87.5 Å². The van der Waals surface area contributed by atoms with Gasteiger partial charge < -0.3 is 55.0 Å². The quantitative estimate of drug-likeness (QED) is 0.0863. The third-order valence-electron chi connectivity index (χ3n) is 18.1. The molecule has 2 bridgehead atoms. The lowest BCUT2D eigenvalue weighted by atomic mass is 9.52. The molecule has 18 nitrogen and oxygen atoms in total. The maximum Gasteiger partial charge on any atom is 0.254 e. The van der Waals surface area contributed by atoms with Crippen molar-refractivity contribution in [1.29, 1.82) is 0 Å². The minimum absolute atomic E-state index is 0.0429. The number of aromatic hydroxyl groups is 1. The summed E-state index contributed by atoms with van der Waals surface area (Å²) in [6, 6.07) is 25.5. The summed E-state index contributed by atoms with van der Waals surface area (Å²) < 4.78 is 26.8. The lowest BCUT2D eigenvalue weighted by Crippen LogP contribution is -2.59. The lowest BCUT2D eigenvalue weighted by molar-refractivity contribution is -0.134. The van der Waals surface area contributed by atoms with E-state index < -0.39 is 23.8 Å². The number of oxime groups is 1. The Hall–Kier alpha value is -7.38. The number of benzene rings is 3. The number of para-hydroxylation sites is 1. The number of aliphatic hydroxyl groups excluding tert-OH is 1. The molecule has 4 saturated heterocycles. The SMILES string of the molecule is CC(C)[C@@H](C(=O)N1C[C@H](O)C[C@H]1C1=NO[C@](C)(c2ccc(-c3ccccc3F)cc2)N1)c1cc(O[C@H]2CC3(C2)C[C@H](N2CCC(c4cnc(N5C6CCC5CN(c5cc(-c7ccccc7O)nnc5N)C6)nc4)CC2)C3)no1. The molecule has 1 amide bonds. The minimum atomic E-state index is -1.04. The van der Waals surface area contributed by atoms with Crippen LogP contribution in [0, 0.1) is 17.2 Å². The summed E-state index contributed by atoms with van der Waals surface area (Å²) in [4.78, 5) is 39.5. The molecule has 19 heteroatoms. The fourth-order valence-electron chi connectivity index (χ4n) is 13.9. The number of carbonyl (C=O) groups is 1. The number of hydrogen-bond donors (Lipinski definition) is 4. The molecule has 8 heterocycles. The molecule has 13 rings (SSSR count). The highest BCUT2D eigenvalue weighted by Gasteiger charge is 2.56. The first-order valence-electron chi connectivity index (χ1n) is 27.8. The van der Waals surface area contributed by atoms with Crippen LogP contribution in [-0.4, -0.2) is 126 Å². The number of anilines is 3. The molecule has 78 heavy (non-hydrogen) atoms. The number of nitrogens with zero attached hydrogens (tertiary/aromatic N) is 10. The van der Waals surface area contributed by atoms with Gasteiger partial charge in [0.15, 0.2) is 17.4 Å². The van der Waals surface area contributed by atoms with Crippen LogP contribution in [0.25, 0.3) is 22.4 Å². The van der Waals surface area contributed by atoms with Crippen molar-refractivity contribution < 1.29 is 33.5 Å². The van der Waals surface area contributed by atoms with Crippen molar-refractivity contribution in [1.82, 2.24) is 40.4 Å². The van der Waals surface area contributed by atoms with Crippen LogP contribution < -0.4 is 25.6 Å². The van der Waals surface area contributed by atoms with Crippen molar-refractivity contribution >= 4 is 29.2 Å². The topological polar surface area (TPSA) is 217 Å². The molecule has 3 aromatic carbocycles. The number of aliphatic hydroxyl groups is 1. The number of nitrogens with one attached hydrogen (secondary N) is 1. The van der Waals surface area contributed by atoms with E-state index in [0.29, 0.717) is 63.9 Å². The maximum absolute atomic E-state index is 14.5. The van der Waals surface area contributed by atoms with Gasteiger partial charge in [-0.05, 0) is 122 Å². The normalized spacial score (nSPS) is 28.3. The Labute approximate surface area is 452 Å². The Balaban J connectivity index is 0.568. The van der Waals surface area contributed by atoms with E-state index in [1.807, 2.05) is 63.2 Å². The predicted molar refractivity (Wildman–Crippen MR) is 291 cm³/mol. The van der Waals surface area contributed by atoms with Crippen LogP contribution in [0.1, 0.15) is 107 Å². The number of phenols is 1. The summed E-state index contributed by atoms with van der Waals surface area (Å²) >= 11 is 0. The van der Waals surface area contributed by atoms with Crippen LogP contribution in [0.4, 0.5) is 21.8 Å². The van der Waals surface area contributed by atoms with Gasteiger partial charge in [-0.3, -0.25) is 4.79 Å². The molecule has 2 saturated carbocycles. The number of rotatable bonds is 13. The highest BCUT2D eigenvalue weighted by molar-refractivity contribution is 5.94. The van der Waals surface area contributed by atoms with Gasteiger partial charge in [-0.1, -0.05) is 73.6 Å². The van der Waals surface area contributed by atoms with Crippen molar-refractivity contribution in [2.24, 2.45) is 16.5 Å². The Morgan fingerprint density at radius 3 is 2.28 bits per heavy atom. The van der Waals surface area contributed by atoms with Crippen LogP contribution in [-0.2, 0) is 15.4 Å². The molecular weight excluding hydrogens is 992 g/mol. The highest BCUT2D eigenvalue weighted by Crippen LogP contribution is 2.58. The van der Waals surface area contributed by atoms with E-state index in [-0.39, 0.29) is 48.1 Å². The summed E-state index contributed by atoms with van der Waals surface area (Å²) in [5.74, 6) is 1.78. The van der Waals surface area contributed by atoms with Crippen LogP contribution in [0.15, 0.2) is 107 Å². The molecule has 2 unspecified atom stereocenters. The second-order valence-electron chi connectivity index (χ2n) is 23.5. The second kappa shape index (κ2) is 19.8. The first-order valence-corrected chi connectivity index (χ1v) is 27.8. The molecule has 406 valence electrons.